The van der Waals surface area contributed by atoms with Crippen molar-refractivity contribution >= 4 is 27.4 Å². The van der Waals surface area contributed by atoms with E-state index < -0.39 is 4.92 Å². The normalized spacial score (nSPS) is 9.69. The van der Waals surface area contributed by atoms with Crippen LogP contribution in [0.3, 0.4) is 0 Å². The van der Waals surface area contributed by atoms with Gasteiger partial charge in [-0.15, -0.1) is 0 Å². The van der Waals surface area contributed by atoms with Gasteiger partial charge in [-0.05, 0) is 28.9 Å². The molecule has 0 radical (unpaired) electrons. The van der Waals surface area contributed by atoms with E-state index in [0.29, 0.717) is 17.0 Å². The van der Waals surface area contributed by atoms with Crippen LogP contribution in [0, 0.1) is 10.1 Å². The molecule has 13 heavy (non-hydrogen) atoms. The fraction of sp³-hybridized carbons (Fsp3) is 0.286. The predicted molar refractivity (Wildman–Crippen MR) is 52.8 cm³/mol. The molecule has 0 saturated carbocycles. The Kier molecular flexibility index (Phi) is 3.18. The second kappa shape index (κ2) is 4.18. The Hall–Kier alpha value is -1.17. The molecule has 0 unspecified atom stereocenters. The van der Waals surface area contributed by atoms with E-state index in [2.05, 4.69) is 26.2 Å². The van der Waals surface area contributed by atoms with Crippen LogP contribution in [0.15, 0.2) is 16.7 Å². The number of aromatic nitrogens is 1. The van der Waals surface area contributed by atoms with Crippen molar-refractivity contribution < 1.29 is 4.92 Å². The molecule has 0 spiro atoms. The zero-order valence-electron chi connectivity index (χ0n) is 6.95. The highest BCUT2D eigenvalue weighted by Crippen LogP contribution is 2.23. The fourth-order valence-corrected chi connectivity index (χ4v) is 1.18. The van der Waals surface area contributed by atoms with Gasteiger partial charge in [-0.25, -0.2) is 4.98 Å². The smallest absolute Gasteiger partial charge is 0.311 e. The van der Waals surface area contributed by atoms with Gasteiger partial charge >= 0.3 is 5.69 Å². The van der Waals surface area contributed by atoms with Gasteiger partial charge in [0, 0.05) is 12.6 Å². The zero-order chi connectivity index (χ0) is 9.84. The summed E-state index contributed by atoms with van der Waals surface area (Å²) in [5.41, 5.74) is -0.00921. The lowest BCUT2D eigenvalue weighted by atomic mass is 10.4. The highest BCUT2D eigenvalue weighted by atomic mass is 79.9. The number of hydrogen-bond donors (Lipinski definition) is 1. The monoisotopic (exact) mass is 245 g/mol. The summed E-state index contributed by atoms with van der Waals surface area (Å²) in [7, 11) is 0. The first-order chi connectivity index (χ1) is 6.15. The molecule has 0 bridgehead atoms. The van der Waals surface area contributed by atoms with E-state index in [4.69, 9.17) is 0 Å². The van der Waals surface area contributed by atoms with Gasteiger partial charge in [-0.2, -0.15) is 0 Å². The SMILES string of the molecule is CCNc1nc(Br)ccc1[N+](=O)[O-]. The van der Waals surface area contributed by atoms with E-state index in [1.807, 2.05) is 6.92 Å². The van der Waals surface area contributed by atoms with Crippen molar-refractivity contribution in [1.82, 2.24) is 4.98 Å². The van der Waals surface area contributed by atoms with Gasteiger partial charge in [-0.1, -0.05) is 0 Å². The van der Waals surface area contributed by atoms with Crippen molar-refractivity contribution in [3.8, 4) is 0 Å². The van der Waals surface area contributed by atoms with E-state index in [-0.39, 0.29) is 5.69 Å². The number of halogens is 1. The number of hydrogen-bond acceptors (Lipinski definition) is 4. The second-order valence-electron chi connectivity index (χ2n) is 2.29. The third kappa shape index (κ3) is 2.38. The third-order valence-corrected chi connectivity index (χ3v) is 1.82. The van der Waals surface area contributed by atoms with Crippen LogP contribution in [0.4, 0.5) is 11.5 Å². The summed E-state index contributed by atoms with van der Waals surface area (Å²) >= 11 is 3.14. The molecule has 0 aromatic carbocycles. The van der Waals surface area contributed by atoms with Crippen molar-refractivity contribution in [3.05, 3.63) is 26.9 Å². The molecule has 70 valence electrons. The Morgan fingerprint density at radius 3 is 2.92 bits per heavy atom. The molecule has 0 aliphatic rings. The molecule has 1 aromatic rings. The molecule has 0 fully saturated rings. The lowest BCUT2D eigenvalue weighted by Crippen LogP contribution is -2.03. The zero-order valence-corrected chi connectivity index (χ0v) is 8.54. The highest BCUT2D eigenvalue weighted by Gasteiger charge is 2.13. The van der Waals surface area contributed by atoms with Crippen LogP contribution in [0.25, 0.3) is 0 Å². The minimum absolute atomic E-state index is 0.00921. The van der Waals surface area contributed by atoms with Crippen LogP contribution in [0.2, 0.25) is 0 Å². The van der Waals surface area contributed by atoms with Gasteiger partial charge in [0.1, 0.15) is 4.60 Å². The Balaban J connectivity index is 3.10. The molecule has 0 saturated heterocycles. The minimum Gasteiger partial charge on any atom is -0.365 e. The Morgan fingerprint density at radius 2 is 2.38 bits per heavy atom. The first kappa shape index (κ1) is 9.91. The highest BCUT2D eigenvalue weighted by molar-refractivity contribution is 9.10. The van der Waals surface area contributed by atoms with Crippen LogP contribution < -0.4 is 5.32 Å². The van der Waals surface area contributed by atoms with Gasteiger partial charge in [-0.3, -0.25) is 10.1 Å². The average Bonchev–Trinajstić information content (AvgIpc) is 2.04. The maximum Gasteiger partial charge on any atom is 0.311 e. The predicted octanol–water partition coefficient (Wildman–Crippen LogP) is 2.18. The molecule has 1 aromatic heterocycles. The number of nitrogens with one attached hydrogen (secondary N) is 1. The Morgan fingerprint density at radius 1 is 1.69 bits per heavy atom. The molecule has 1 rings (SSSR count). The summed E-state index contributed by atoms with van der Waals surface area (Å²) in [6.07, 6.45) is 0. The molecule has 0 atom stereocenters. The quantitative estimate of drug-likeness (QED) is 0.504. The van der Waals surface area contributed by atoms with Gasteiger partial charge in [0.05, 0.1) is 4.92 Å². The summed E-state index contributed by atoms with van der Waals surface area (Å²) < 4.78 is 0.578. The van der Waals surface area contributed by atoms with Crippen LogP contribution >= 0.6 is 15.9 Å². The van der Waals surface area contributed by atoms with E-state index in [0.717, 1.165) is 0 Å². The summed E-state index contributed by atoms with van der Waals surface area (Å²) in [6, 6.07) is 2.95. The van der Waals surface area contributed by atoms with Crippen molar-refractivity contribution in [1.29, 1.82) is 0 Å². The fourth-order valence-electron chi connectivity index (χ4n) is 0.873. The first-order valence-corrected chi connectivity index (χ1v) is 4.49. The molecule has 0 amide bonds. The third-order valence-electron chi connectivity index (χ3n) is 1.38. The summed E-state index contributed by atoms with van der Waals surface area (Å²) in [6.45, 7) is 2.45. The van der Waals surface area contributed by atoms with E-state index in [1.165, 1.54) is 6.07 Å². The standard InChI is InChI=1S/C7H8BrN3O2/c1-2-9-7-5(11(12)13)3-4-6(8)10-7/h3-4H,2H2,1H3,(H,9,10). The maximum atomic E-state index is 10.5. The van der Waals surface area contributed by atoms with Gasteiger partial charge in [0.25, 0.3) is 0 Å². The van der Waals surface area contributed by atoms with E-state index >= 15 is 0 Å². The minimum atomic E-state index is -0.461. The molecule has 6 heteroatoms. The van der Waals surface area contributed by atoms with Crippen molar-refractivity contribution in [3.63, 3.8) is 0 Å². The Bertz CT molecular complexity index is 330. The van der Waals surface area contributed by atoms with Crippen molar-refractivity contribution in [2.75, 3.05) is 11.9 Å². The van der Waals surface area contributed by atoms with E-state index in [1.54, 1.807) is 6.07 Å². The molecule has 1 heterocycles. The van der Waals surface area contributed by atoms with Crippen LogP contribution in [0.1, 0.15) is 6.92 Å². The van der Waals surface area contributed by atoms with Gasteiger partial charge in [0.15, 0.2) is 0 Å². The number of nitrogens with zero attached hydrogens (tertiary/aromatic N) is 2. The lowest BCUT2D eigenvalue weighted by Gasteiger charge is -2.02. The first-order valence-electron chi connectivity index (χ1n) is 3.70. The number of nitro groups is 1. The molecule has 0 aliphatic heterocycles. The topological polar surface area (TPSA) is 68.1 Å². The maximum absolute atomic E-state index is 10.5. The molecule has 0 aliphatic carbocycles. The molecule has 1 N–H and O–H groups in total. The largest absolute Gasteiger partial charge is 0.365 e. The summed E-state index contributed by atoms with van der Waals surface area (Å²) in [5.74, 6) is 0.293. The van der Waals surface area contributed by atoms with Gasteiger partial charge < -0.3 is 5.32 Å². The van der Waals surface area contributed by atoms with Gasteiger partial charge in [0.2, 0.25) is 5.82 Å². The lowest BCUT2D eigenvalue weighted by molar-refractivity contribution is -0.384. The number of pyridine rings is 1. The number of anilines is 1. The molecule has 5 nitrogen and oxygen atoms in total. The van der Waals surface area contributed by atoms with Crippen LogP contribution in [-0.4, -0.2) is 16.5 Å². The summed E-state index contributed by atoms with van der Waals surface area (Å²) in [4.78, 5) is 14.0. The summed E-state index contributed by atoms with van der Waals surface area (Å²) in [5, 5.41) is 13.3. The van der Waals surface area contributed by atoms with Crippen LogP contribution in [0.5, 0.6) is 0 Å². The second-order valence-corrected chi connectivity index (χ2v) is 3.10. The molecular formula is C7H8BrN3O2. The van der Waals surface area contributed by atoms with E-state index in [9.17, 15) is 10.1 Å². The Labute approximate surface area is 83.5 Å². The average molecular weight is 246 g/mol. The van der Waals surface area contributed by atoms with Crippen LogP contribution in [-0.2, 0) is 0 Å². The van der Waals surface area contributed by atoms with Crippen molar-refractivity contribution in [2.45, 2.75) is 6.92 Å². The van der Waals surface area contributed by atoms with Crippen molar-refractivity contribution in [2.24, 2.45) is 0 Å². The molecular weight excluding hydrogens is 238 g/mol. The number of rotatable bonds is 3.